The van der Waals surface area contributed by atoms with Gasteiger partial charge in [0, 0.05) is 24.0 Å². The number of ether oxygens (including phenoxy) is 1. The number of aliphatic carboxylic acids is 1. The zero-order valence-corrected chi connectivity index (χ0v) is 13.9. The molecule has 0 aliphatic rings. The largest absolute Gasteiger partial charge is 0.493 e. The fourth-order valence-electron chi connectivity index (χ4n) is 2.17. The molecule has 0 amide bonds. The van der Waals surface area contributed by atoms with E-state index in [2.05, 4.69) is 27.7 Å². The predicted octanol–water partition coefficient (Wildman–Crippen LogP) is 4.21. The quantitative estimate of drug-likeness (QED) is 0.731. The molecule has 0 fully saturated rings. The van der Waals surface area contributed by atoms with Crippen LogP contribution in [0, 0.1) is 0 Å². The molecular weight excluding hydrogens is 280 g/mol. The van der Waals surface area contributed by atoms with Gasteiger partial charge in [0.05, 0.1) is 6.61 Å². The fourth-order valence-corrected chi connectivity index (χ4v) is 2.17. The van der Waals surface area contributed by atoms with Crippen molar-refractivity contribution >= 4 is 11.8 Å². The summed E-state index contributed by atoms with van der Waals surface area (Å²) in [4.78, 5) is 22.7. The standard InChI is InChI=1S/C18H26O4/c1-5-11-22-16-10-9-13(12-14(16)18(2,3)4)15(19)7-6-8-17(20)21/h9-10,12H,5-8,11H2,1-4H3,(H,20,21). The van der Waals surface area contributed by atoms with Gasteiger partial charge in [-0.1, -0.05) is 27.7 Å². The number of carboxylic acid groups (broad SMARTS) is 1. The van der Waals surface area contributed by atoms with Crippen LogP contribution < -0.4 is 4.74 Å². The summed E-state index contributed by atoms with van der Waals surface area (Å²) >= 11 is 0. The number of carbonyl (C=O) groups is 2. The van der Waals surface area contributed by atoms with Crippen LogP contribution >= 0.6 is 0 Å². The van der Waals surface area contributed by atoms with Gasteiger partial charge in [0.15, 0.2) is 5.78 Å². The third-order valence-electron chi connectivity index (χ3n) is 3.37. The van der Waals surface area contributed by atoms with Crippen LogP contribution in [0.3, 0.4) is 0 Å². The smallest absolute Gasteiger partial charge is 0.303 e. The predicted molar refractivity (Wildman–Crippen MR) is 86.7 cm³/mol. The molecule has 1 rings (SSSR count). The molecule has 0 aliphatic carbocycles. The minimum Gasteiger partial charge on any atom is -0.493 e. The highest BCUT2D eigenvalue weighted by Gasteiger charge is 2.21. The first-order chi connectivity index (χ1) is 10.3. The second-order valence-corrected chi connectivity index (χ2v) is 6.48. The summed E-state index contributed by atoms with van der Waals surface area (Å²) in [5.74, 6) is -0.0725. The van der Waals surface area contributed by atoms with E-state index in [1.807, 2.05) is 12.1 Å². The first kappa shape index (κ1) is 18.2. The highest BCUT2D eigenvalue weighted by molar-refractivity contribution is 5.96. The van der Waals surface area contributed by atoms with Gasteiger partial charge in [-0.2, -0.15) is 0 Å². The molecule has 122 valence electrons. The van der Waals surface area contributed by atoms with Crippen molar-refractivity contribution < 1.29 is 19.4 Å². The minimum atomic E-state index is -0.869. The van der Waals surface area contributed by atoms with Gasteiger partial charge in [0.1, 0.15) is 5.75 Å². The molecule has 0 radical (unpaired) electrons. The molecule has 0 atom stereocenters. The Balaban J connectivity index is 2.93. The second-order valence-electron chi connectivity index (χ2n) is 6.48. The van der Waals surface area contributed by atoms with Crippen LogP contribution in [0.5, 0.6) is 5.75 Å². The van der Waals surface area contributed by atoms with Crippen molar-refractivity contribution in [2.24, 2.45) is 0 Å². The number of ketones is 1. The summed E-state index contributed by atoms with van der Waals surface area (Å²) < 4.78 is 5.77. The lowest BCUT2D eigenvalue weighted by Gasteiger charge is -2.23. The first-order valence-electron chi connectivity index (χ1n) is 7.78. The van der Waals surface area contributed by atoms with Gasteiger partial charge in [-0.25, -0.2) is 0 Å². The lowest BCUT2D eigenvalue weighted by Crippen LogP contribution is -2.15. The molecule has 4 nitrogen and oxygen atoms in total. The molecule has 4 heteroatoms. The van der Waals surface area contributed by atoms with Crippen molar-refractivity contribution in [2.45, 2.75) is 58.8 Å². The van der Waals surface area contributed by atoms with Crippen molar-refractivity contribution in [3.8, 4) is 5.75 Å². The van der Waals surface area contributed by atoms with E-state index in [1.165, 1.54) is 0 Å². The highest BCUT2D eigenvalue weighted by Crippen LogP contribution is 2.32. The van der Waals surface area contributed by atoms with Gasteiger partial charge >= 0.3 is 5.97 Å². The van der Waals surface area contributed by atoms with Crippen molar-refractivity contribution in [1.29, 1.82) is 0 Å². The summed E-state index contributed by atoms with van der Waals surface area (Å²) in [6.07, 6.45) is 1.58. The Morgan fingerprint density at radius 1 is 1.18 bits per heavy atom. The number of carboxylic acids is 1. The number of carbonyl (C=O) groups excluding carboxylic acids is 1. The van der Waals surface area contributed by atoms with Crippen LogP contribution in [-0.4, -0.2) is 23.5 Å². The van der Waals surface area contributed by atoms with Gasteiger partial charge in [0.25, 0.3) is 0 Å². The summed E-state index contributed by atoms with van der Waals surface area (Å²) in [6.45, 7) is 8.95. The van der Waals surface area contributed by atoms with Crippen molar-refractivity contribution in [1.82, 2.24) is 0 Å². The number of rotatable bonds is 8. The Morgan fingerprint density at radius 2 is 1.86 bits per heavy atom. The molecule has 0 saturated heterocycles. The van der Waals surface area contributed by atoms with Crippen molar-refractivity contribution in [3.63, 3.8) is 0 Å². The van der Waals surface area contributed by atoms with Gasteiger partial charge in [0.2, 0.25) is 0 Å². The van der Waals surface area contributed by atoms with Crippen LogP contribution in [0.1, 0.15) is 69.3 Å². The molecule has 0 bridgehead atoms. The third kappa shape index (κ3) is 5.51. The Kier molecular flexibility index (Phi) is 6.60. The SMILES string of the molecule is CCCOc1ccc(C(=O)CCCC(=O)O)cc1C(C)(C)C. The van der Waals surface area contributed by atoms with Crippen LogP contribution in [0.2, 0.25) is 0 Å². The van der Waals surface area contributed by atoms with Gasteiger partial charge < -0.3 is 9.84 Å². The lowest BCUT2D eigenvalue weighted by atomic mass is 9.84. The molecule has 0 aromatic heterocycles. The van der Waals surface area contributed by atoms with Crippen LogP contribution in [0.4, 0.5) is 0 Å². The summed E-state index contributed by atoms with van der Waals surface area (Å²) in [6, 6.07) is 5.50. The zero-order chi connectivity index (χ0) is 16.8. The van der Waals surface area contributed by atoms with Gasteiger partial charge in [-0.05, 0) is 36.5 Å². The fraction of sp³-hybridized carbons (Fsp3) is 0.556. The van der Waals surface area contributed by atoms with Crippen LogP contribution in [-0.2, 0) is 10.2 Å². The van der Waals surface area contributed by atoms with Gasteiger partial charge in [-0.3, -0.25) is 9.59 Å². The molecule has 0 heterocycles. The zero-order valence-electron chi connectivity index (χ0n) is 13.9. The van der Waals surface area contributed by atoms with E-state index in [9.17, 15) is 9.59 Å². The highest BCUT2D eigenvalue weighted by atomic mass is 16.5. The molecule has 1 aromatic rings. The maximum absolute atomic E-state index is 12.2. The maximum atomic E-state index is 12.2. The third-order valence-corrected chi connectivity index (χ3v) is 3.37. The van der Waals surface area contributed by atoms with Crippen molar-refractivity contribution in [2.75, 3.05) is 6.61 Å². The van der Waals surface area contributed by atoms with Crippen LogP contribution in [0.15, 0.2) is 18.2 Å². The molecule has 1 N–H and O–H groups in total. The Morgan fingerprint density at radius 3 is 2.41 bits per heavy atom. The molecule has 0 unspecified atom stereocenters. The monoisotopic (exact) mass is 306 g/mol. The molecule has 0 saturated carbocycles. The Bertz CT molecular complexity index is 526. The average molecular weight is 306 g/mol. The molecular formula is C18H26O4. The van der Waals surface area contributed by atoms with E-state index in [1.54, 1.807) is 6.07 Å². The number of hydrogen-bond donors (Lipinski definition) is 1. The number of hydrogen-bond acceptors (Lipinski definition) is 3. The number of benzene rings is 1. The Hall–Kier alpha value is -1.84. The summed E-state index contributed by atoms with van der Waals surface area (Å²) in [7, 11) is 0. The van der Waals surface area contributed by atoms with E-state index in [-0.39, 0.29) is 24.0 Å². The number of Topliss-reactive ketones (excluding diaryl/α,β-unsaturated/α-hetero) is 1. The first-order valence-corrected chi connectivity index (χ1v) is 7.78. The van der Waals surface area contributed by atoms with Gasteiger partial charge in [-0.15, -0.1) is 0 Å². The lowest BCUT2D eigenvalue weighted by molar-refractivity contribution is -0.137. The average Bonchev–Trinajstić information content (AvgIpc) is 2.43. The van der Waals surface area contributed by atoms with E-state index in [4.69, 9.17) is 9.84 Å². The summed E-state index contributed by atoms with van der Waals surface area (Å²) in [5.41, 5.74) is 1.50. The maximum Gasteiger partial charge on any atom is 0.303 e. The minimum absolute atomic E-state index is 0.0196. The van der Waals surface area contributed by atoms with E-state index in [0.29, 0.717) is 18.6 Å². The molecule has 0 spiro atoms. The van der Waals surface area contributed by atoms with Crippen LogP contribution in [0.25, 0.3) is 0 Å². The molecule has 0 aliphatic heterocycles. The molecule has 1 aromatic carbocycles. The van der Waals surface area contributed by atoms with E-state index >= 15 is 0 Å². The van der Waals surface area contributed by atoms with E-state index < -0.39 is 5.97 Å². The topological polar surface area (TPSA) is 63.6 Å². The van der Waals surface area contributed by atoms with Crippen molar-refractivity contribution in [3.05, 3.63) is 29.3 Å². The normalized spacial score (nSPS) is 11.3. The molecule has 22 heavy (non-hydrogen) atoms. The second kappa shape index (κ2) is 7.97. The summed E-state index contributed by atoms with van der Waals surface area (Å²) in [5, 5.41) is 8.64. The van der Waals surface area contributed by atoms with E-state index in [0.717, 1.165) is 17.7 Å². The Labute approximate surface area is 132 Å².